The first-order valence-electron chi connectivity index (χ1n) is 9.93. The maximum Gasteiger partial charge on any atom is 0.295 e. The van der Waals surface area contributed by atoms with E-state index in [1.807, 2.05) is 0 Å². The maximum absolute atomic E-state index is 13.5. The number of methoxy groups -OCH3 is 3. The molecule has 0 unspecified atom stereocenters. The Bertz CT molecular complexity index is 1270. The number of nitrogens with zero attached hydrogens (tertiary/aromatic N) is 3. The second-order valence-corrected chi connectivity index (χ2v) is 6.90. The molecule has 1 aromatic heterocycles. The van der Waals surface area contributed by atoms with Gasteiger partial charge in [-0.05, 0) is 60.7 Å². The summed E-state index contributed by atoms with van der Waals surface area (Å²) in [6, 6.07) is 17.9. The third kappa shape index (κ3) is 4.62. The second kappa shape index (κ2) is 9.39. The van der Waals surface area contributed by atoms with Crippen molar-refractivity contribution in [3.05, 3.63) is 78.4 Å². The number of carbonyl (C=O) groups is 1. The molecule has 0 saturated carbocycles. The molecule has 0 saturated heterocycles. The van der Waals surface area contributed by atoms with Crippen molar-refractivity contribution in [3.63, 3.8) is 0 Å². The van der Waals surface area contributed by atoms with Crippen LogP contribution in [0.2, 0.25) is 0 Å². The number of anilines is 1. The van der Waals surface area contributed by atoms with Crippen LogP contribution in [-0.2, 0) is 0 Å². The highest BCUT2D eigenvalue weighted by molar-refractivity contribution is 6.02. The van der Waals surface area contributed by atoms with Crippen LogP contribution in [0.25, 0.3) is 17.1 Å². The molecular formula is C24H21FN4O4. The molecule has 0 fully saturated rings. The van der Waals surface area contributed by atoms with E-state index in [2.05, 4.69) is 15.4 Å². The predicted molar refractivity (Wildman–Crippen MR) is 121 cm³/mol. The number of carbonyl (C=O) groups excluding carboxylic acids is 1. The topological polar surface area (TPSA) is 87.5 Å². The van der Waals surface area contributed by atoms with Gasteiger partial charge in [0.1, 0.15) is 23.1 Å². The van der Waals surface area contributed by atoms with Crippen LogP contribution in [0.5, 0.6) is 17.2 Å². The number of amides is 1. The highest BCUT2D eigenvalue weighted by Gasteiger charge is 2.20. The maximum atomic E-state index is 13.5. The van der Waals surface area contributed by atoms with Gasteiger partial charge in [0.25, 0.3) is 5.91 Å². The Kier molecular flexibility index (Phi) is 6.21. The summed E-state index contributed by atoms with van der Waals surface area (Å²) < 4.78 is 30.7. The number of halogens is 1. The molecule has 0 aliphatic heterocycles. The van der Waals surface area contributed by atoms with Crippen molar-refractivity contribution in [2.45, 2.75) is 0 Å². The van der Waals surface area contributed by atoms with Gasteiger partial charge in [-0.1, -0.05) is 0 Å². The van der Waals surface area contributed by atoms with E-state index >= 15 is 0 Å². The summed E-state index contributed by atoms with van der Waals surface area (Å²) in [5.41, 5.74) is 1.66. The average Bonchev–Trinajstić information content (AvgIpc) is 3.30. The number of rotatable bonds is 7. The minimum Gasteiger partial charge on any atom is -0.497 e. The zero-order valence-electron chi connectivity index (χ0n) is 18.2. The van der Waals surface area contributed by atoms with Crippen molar-refractivity contribution in [2.75, 3.05) is 26.6 Å². The van der Waals surface area contributed by atoms with Crippen LogP contribution in [-0.4, -0.2) is 42.0 Å². The monoisotopic (exact) mass is 448 g/mol. The largest absolute Gasteiger partial charge is 0.497 e. The first kappa shape index (κ1) is 21.8. The van der Waals surface area contributed by atoms with Gasteiger partial charge in [0.2, 0.25) is 5.82 Å². The Hall–Kier alpha value is -4.40. The van der Waals surface area contributed by atoms with Gasteiger partial charge >= 0.3 is 0 Å². The van der Waals surface area contributed by atoms with Crippen molar-refractivity contribution in [2.24, 2.45) is 0 Å². The lowest BCUT2D eigenvalue weighted by molar-refractivity contribution is 0.101. The van der Waals surface area contributed by atoms with E-state index in [1.165, 1.54) is 31.0 Å². The van der Waals surface area contributed by atoms with Crippen LogP contribution in [0, 0.1) is 5.82 Å². The molecule has 0 atom stereocenters. The highest BCUT2D eigenvalue weighted by Crippen LogP contribution is 2.29. The number of hydrogen-bond donors (Lipinski definition) is 1. The first-order valence-corrected chi connectivity index (χ1v) is 9.93. The molecule has 33 heavy (non-hydrogen) atoms. The molecule has 0 radical (unpaired) electrons. The minimum absolute atomic E-state index is 0.0741. The molecule has 1 N–H and O–H groups in total. The molecule has 4 rings (SSSR count). The average molecular weight is 448 g/mol. The Morgan fingerprint density at radius 2 is 1.55 bits per heavy atom. The Balaban J connectivity index is 1.74. The van der Waals surface area contributed by atoms with Crippen LogP contribution in [0.1, 0.15) is 10.6 Å². The van der Waals surface area contributed by atoms with Crippen molar-refractivity contribution < 1.29 is 23.4 Å². The number of aromatic nitrogens is 3. The molecule has 0 aliphatic carbocycles. The van der Waals surface area contributed by atoms with Crippen molar-refractivity contribution >= 4 is 11.6 Å². The van der Waals surface area contributed by atoms with Gasteiger partial charge in [-0.15, -0.1) is 5.10 Å². The van der Waals surface area contributed by atoms with E-state index in [1.54, 1.807) is 61.7 Å². The fourth-order valence-electron chi connectivity index (χ4n) is 3.19. The van der Waals surface area contributed by atoms with Crippen molar-refractivity contribution in [3.8, 4) is 34.3 Å². The SMILES string of the molecule is COc1ccc(-n2nc(C(=O)Nc3cc(OC)ccc3OC)nc2-c2ccc(F)cc2)cc1. The lowest BCUT2D eigenvalue weighted by atomic mass is 10.2. The van der Waals surface area contributed by atoms with Gasteiger partial charge in [0, 0.05) is 11.6 Å². The standard InChI is InChI=1S/C24H21FN4O4/c1-31-18-10-8-17(9-11-18)29-23(15-4-6-16(25)7-5-15)27-22(28-29)24(30)26-20-14-19(32-2)12-13-21(20)33-3/h4-14H,1-3H3,(H,26,30). The van der Waals surface area contributed by atoms with Crippen LogP contribution in [0.3, 0.4) is 0 Å². The fraction of sp³-hybridized carbons (Fsp3) is 0.125. The molecule has 0 bridgehead atoms. The van der Waals surface area contributed by atoms with E-state index in [4.69, 9.17) is 14.2 Å². The summed E-state index contributed by atoms with van der Waals surface area (Å²) in [7, 11) is 4.60. The van der Waals surface area contributed by atoms with E-state index in [0.717, 1.165) is 0 Å². The van der Waals surface area contributed by atoms with Gasteiger partial charge in [-0.25, -0.2) is 14.1 Å². The second-order valence-electron chi connectivity index (χ2n) is 6.90. The summed E-state index contributed by atoms with van der Waals surface area (Å²) in [4.78, 5) is 17.5. The van der Waals surface area contributed by atoms with Gasteiger partial charge in [-0.3, -0.25) is 4.79 Å². The van der Waals surface area contributed by atoms with Crippen molar-refractivity contribution in [1.82, 2.24) is 14.8 Å². The van der Waals surface area contributed by atoms with E-state index in [-0.39, 0.29) is 11.6 Å². The smallest absolute Gasteiger partial charge is 0.295 e. The predicted octanol–water partition coefficient (Wildman–Crippen LogP) is 4.35. The summed E-state index contributed by atoms with van der Waals surface area (Å²) in [6.07, 6.45) is 0. The molecule has 3 aromatic carbocycles. The zero-order chi connectivity index (χ0) is 23.4. The van der Waals surface area contributed by atoms with Crippen molar-refractivity contribution in [1.29, 1.82) is 0 Å². The number of hydrogen-bond acceptors (Lipinski definition) is 6. The number of nitrogens with one attached hydrogen (secondary N) is 1. The first-order chi connectivity index (χ1) is 16.0. The number of ether oxygens (including phenoxy) is 3. The van der Waals surface area contributed by atoms with Gasteiger partial charge < -0.3 is 19.5 Å². The molecule has 1 heterocycles. The Morgan fingerprint density at radius 3 is 2.18 bits per heavy atom. The molecule has 9 heteroatoms. The van der Waals surface area contributed by atoms with E-state index in [9.17, 15) is 9.18 Å². The van der Waals surface area contributed by atoms with E-state index in [0.29, 0.717) is 40.0 Å². The molecule has 4 aromatic rings. The van der Waals surface area contributed by atoms with Gasteiger partial charge in [-0.2, -0.15) is 0 Å². The molecular weight excluding hydrogens is 427 g/mol. The molecule has 168 valence electrons. The minimum atomic E-state index is -0.544. The Labute approximate surface area is 189 Å². The van der Waals surface area contributed by atoms with Crippen LogP contribution >= 0.6 is 0 Å². The Morgan fingerprint density at radius 1 is 0.879 bits per heavy atom. The lowest BCUT2D eigenvalue weighted by Crippen LogP contribution is -2.15. The third-order valence-electron chi connectivity index (χ3n) is 4.88. The quantitative estimate of drug-likeness (QED) is 0.452. The molecule has 0 aliphatic rings. The molecule has 0 spiro atoms. The normalized spacial score (nSPS) is 10.5. The zero-order valence-corrected chi connectivity index (χ0v) is 18.2. The van der Waals surface area contributed by atoms with Crippen LogP contribution in [0.4, 0.5) is 10.1 Å². The molecule has 8 nitrogen and oxygen atoms in total. The molecule has 1 amide bonds. The summed E-state index contributed by atoms with van der Waals surface area (Å²) in [6.45, 7) is 0. The summed E-state index contributed by atoms with van der Waals surface area (Å²) in [5.74, 6) is 1.06. The fourth-order valence-corrected chi connectivity index (χ4v) is 3.19. The highest BCUT2D eigenvalue weighted by atomic mass is 19.1. The summed E-state index contributed by atoms with van der Waals surface area (Å²) in [5, 5.41) is 7.18. The van der Waals surface area contributed by atoms with E-state index < -0.39 is 5.91 Å². The number of benzene rings is 3. The van der Waals surface area contributed by atoms with Gasteiger partial charge in [0.15, 0.2) is 5.82 Å². The van der Waals surface area contributed by atoms with Crippen LogP contribution < -0.4 is 19.5 Å². The van der Waals surface area contributed by atoms with Gasteiger partial charge in [0.05, 0.1) is 32.7 Å². The third-order valence-corrected chi connectivity index (χ3v) is 4.88. The summed E-state index contributed by atoms with van der Waals surface area (Å²) >= 11 is 0. The van der Waals surface area contributed by atoms with Crippen LogP contribution in [0.15, 0.2) is 66.7 Å². The lowest BCUT2D eigenvalue weighted by Gasteiger charge is -2.10.